The number of thioether (sulfide) groups is 1. The number of aromatic nitrogens is 2. The van der Waals surface area contributed by atoms with Gasteiger partial charge in [-0.3, -0.25) is 19.4 Å². The zero-order valence-corrected chi connectivity index (χ0v) is 11.2. The van der Waals surface area contributed by atoms with Crippen LogP contribution in [-0.2, 0) is 11.3 Å². The number of rotatable bonds is 4. The average Bonchev–Trinajstić information content (AvgIpc) is 2.71. The molecule has 0 atom stereocenters. The molecule has 1 aromatic heterocycles. The summed E-state index contributed by atoms with van der Waals surface area (Å²) < 4.78 is 15.0. The van der Waals surface area contributed by atoms with E-state index in [0.717, 1.165) is 11.8 Å². The first kappa shape index (κ1) is 13.6. The van der Waals surface area contributed by atoms with Crippen LogP contribution in [0.3, 0.4) is 0 Å². The highest BCUT2D eigenvalue weighted by molar-refractivity contribution is 8.13. The Balaban J connectivity index is 2.19. The van der Waals surface area contributed by atoms with Crippen LogP contribution in [0.25, 0.3) is 11.3 Å². The molecule has 0 aliphatic rings. The van der Waals surface area contributed by atoms with E-state index in [0.29, 0.717) is 23.6 Å². The van der Waals surface area contributed by atoms with E-state index >= 15 is 0 Å². The van der Waals surface area contributed by atoms with Crippen molar-refractivity contribution in [3.8, 4) is 11.3 Å². The van der Waals surface area contributed by atoms with Crippen LogP contribution in [0.15, 0.2) is 35.1 Å². The number of nitrogens with zero attached hydrogens (tertiary/aromatic N) is 1. The highest BCUT2D eigenvalue weighted by atomic mass is 32.2. The first-order chi connectivity index (χ1) is 9.08. The molecule has 4 nitrogen and oxygen atoms in total. The van der Waals surface area contributed by atoms with Gasteiger partial charge in [-0.15, -0.1) is 0 Å². The molecule has 1 heterocycles. The highest BCUT2D eigenvalue weighted by Crippen LogP contribution is 2.18. The number of nitrogens with one attached hydrogen (secondary N) is 1. The zero-order valence-electron chi connectivity index (χ0n) is 10.4. The summed E-state index contributed by atoms with van der Waals surface area (Å²) in [6.45, 7) is 1.87. The molecule has 0 aliphatic carbocycles. The lowest BCUT2D eigenvalue weighted by Crippen LogP contribution is -2.17. The molecule has 0 bridgehead atoms. The SMILES string of the molecule is CC(=O)SCCn1[nH]c(-c2ccccc2F)cc1=O. The normalized spacial score (nSPS) is 10.6. The van der Waals surface area contributed by atoms with E-state index in [4.69, 9.17) is 0 Å². The van der Waals surface area contributed by atoms with Crippen LogP contribution in [0.4, 0.5) is 4.39 Å². The molecule has 1 N–H and O–H groups in total. The van der Waals surface area contributed by atoms with Gasteiger partial charge < -0.3 is 0 Å². The van der Waals surface area contributed by atoms with E-state index in [-0.39, 0.29) is 16.5 Å². The predicted octanol–water partition coefficient (Wildman–Crippen LogP) is 2.26. The third kappa shape index (κ3) is 3.35. The molecule has 0 unspecified atom stereocenters. The third-order valence-electron chi connectivity index (χ3n) is 2.57. The Morgan fingerprint density at radius 2 is 2.16 bits per heavy atom. The molecule has 19 heavy (non-hydrogen) atoms. The monoisotopic (exact) mass is 280 g/mol. The van der Waals surface area contributed by atoms with Gasteiger partial charge in [0.25, 0.3) is 5.56 Å². The lowest BCUT2D eigenvalue weighted by Gasteiger charge is -2.02. The van der Waals surface area contributed by atoms with Crippen LogP contribution in [0.5, 0.6) is 0 Å². The number of carbonyl (C=O) groups is 1. The maximum absolute atomic E-state index is 13.6. The number of hydrogen-bond acceptors (Lipinski definition) is 3. The Labute approximate surface area is 113 Å². The predicted molar refractivity (Wildman–Crippen MR) is 73.6 cm³/mol. The zero-order chi connectivity index (χ0) is 13.8. The maximum atomic E-state index is 13.6. The van der Waals surface area contributed by atoms with Gasteiger partial charge in [-0.1, -0.05) is 23.9 Å². The highest BCUT2D eigenvalue weighted by Gasteiger charge is 2.09. The molecule has 2 rings (SSSR count). The van der Waals surface area contributed by atoms with Crippen molar-refractivity contribution in [2.75, 3.05) is 5.75 Å². The van der Waals surface area contributed by atoms with Crippen molar-refractivity contribution in [2.24, 2.45) is 0 Å². The second-order valence-corrected chi connectivity index (χ2v) is 5.25. The number of H-pyrrole nitrogens is 1. The van der Waals surface area contributed by atoms with Crippen LogP contribution < -0.4 is 5.56 Å². The number of halogens is 1. The van der Waals surface area contributed by atoms with Crippen molar-refractivity contribution in [3.63, 3.8) is 0 Å². The van der Waals surface area contributed by atoms with Crippen LogP contribution in [-0.4, -0.2) is 20.6 Å². The van der Waals surface area contributed by atoms with Crippen LogP contribution >= 0.6 is 11.8 Å². The Hall–Kier alpha value is -1.82. The lowest BCUT2D eigenvalue weighted by atomic mass is 10.1. The quantitative estimate of drug-likeness (QED) is 0.934. The molecule has 0 radical (unpaired) electrons. The van der Waals surface area contributed by atoms with Crippen molar-refractivity contribution in [2.45, 2.75) is 13.5 Å². The summed E-state index contributed by atoms with van der Waals surface area (Å²) in [6, 6.07) is 7.61. The van der Waals surface area contributed by atoms with Crippen molar-refractivity contribution >= 4 is 16.9 Å². The van der Waals surface area contributed by atoms with Crippen LogP contribution in [0.1, 0.15) is 6.92 Å². The van der Waals surface area contributed by atoms with E-state index in [1.807, 2.05) is 0 Å². The van der Waals surface area contributed by atoms with Gasteiger partial charge in [-0.25, -0.2) is 4.39 Å². The van der Waals surface area contributed by atoms with Gasteiger partial charge in [0.05, 0.1) is 12.2 Å². The van der Waals surface area contributed by atoms with Crippen LogP contribution in [0, 0.1) is 5.82 Å². The van der Waals surface area contributed by atoms with Crippen molar-refractivity contribution in [1.29, 1.82) is 0 Å². The fourth-order valence-electron chi connectivity index (χ4n) is 1.70. The first-order valence-electron chi connectivity index (χ1n) is 5.76. The maximum Gasteiger partial charge on any atom is 0.267 e. The second-order valence-electron chi connectivity index (χ2n) is 3.98. The molecule has 0 amide bonds. The molecule has 1 aromatic carbocycles. The minimum absolute atomic E-state index is 0.00827. The minimum Gasteiger partial charge on any atom is -0.295 e. The smallest absolute Gasteiger partial charge is 0.267 e. The Kier molecular flexibility index (Phi) is 4.21. The van der Waals surface area contributed by atoms with Gasteiger partial charge in [-0.05, 0) is 12.1 Å². The molecule has 100 valence electrons. The molecular weight excluding hydrogens is 267 g/mol. The van der Waals surface area contributed by atoms with Crippen molar-refractivity contribution in [3.05, 3.63) is 46.5 Å². The molecule has 0 saturated carbocycles. The van der Waals surface area contributed by atoms with Crippen molar-refractivity contribution < 1.29 is 9.18 Å². The third-order valence-corrected chi connectivity index (χ3v) is 3.37. The van der Waals surface area contributed by atoms with Crippen LogP contribution in [0.2, 0.25) is 0 Å². The molecule has 2 aromatic rings. The van der Waals surface area contributed by atoms with Crippen molar-refractivity contribution in [1.82, 2.24) is 9.78 Å². The molecule has 0 aliphatic heterocycles. The number of benzene rings is 1. The van der Waals surface area contributed by atoms with E-state index in [9.17, 15) is 14.0 Å². The average molecular weight is 280 g/mol. The summed E-state index contributed by atoms with van der Waals surface area (Å²) in [5.41, 5.74) is 0.566. The summed E-state index contributed by atoms with van der Waals surface area (Å²) in [5, 5.41) is 2.86. The van der Waals surface area contributed by atoms with E-state index in [1.165, 1.54) is 23.7 Å². The molecule has 6 heteroatoms. The Bertz CT molecular complexity index is 648. The molecule has 0 saturated heterocycles. The Morgan fingerprint density at radius 1 is 1.42 bits per heavy atom. The first-order valence-corrected chi connectivity index (χ1v) is 6.74. The summed E-state index contributed by atoms with van der Waals surface area (Å²) in [4.78, 5) is 22.5. The van der Waals surface area contributed by atoms with E-state index in [1.54, 1.807) is 18.2 Å². The number of carbonyl (C=O) groups excluding carboxylic acids is 1. The summed E-state index contributed by atoms with van der Waals surface area (Å²) in [5.74, 6) is 0.126. The number of aryl methyl sites for hydroxylation is 1. The van der Waals surface area contributed by atoms with Gasteiger partial charge in [-0.2, -0.15) is 0 Å². The summed E-state index contributed by atoms with van der Waals surface area (Å²) >= 11 is 1.15. The largest absolute Gasteiger partial charge is 0.295 e. The fourth-order valence-corrected chi connectivity index (χ4v) is 2.26. The van der Waals surface area contributed by atoms with Gasteiger partial charge >= 0.3 is 0 Å². The van der Waals surface area contributed by atoms with E-state index < -0.39 is 0 Å². The van der Waals surface area contributed by atoms with Gasteiger partial charge in [0, 0.05) is 24.3 Å². The minimum atomic E-state index is -0.381. The standard InChI is InChI=1S/C13H13FN2O2S/c1-9(17)19-7-6-16-13(18)8-12(15-16)10-4-2-3-5-11(10)14/h2-5,8,15H,6-7H2,1H3. The molecule has 0 spiro atoms. The number of hydrogen-bond donors (Lipinski definition) is 1. The van der Waals surface area contributed by atoms with E-state index in [2.05, 4.69) is 5.10 Å². The van der Waals surface area contributed by atoms with Gasteiger partial charge in [0.2, 0.25) is 0 Å². The number of aromatic amines is 1. The Morgan fingerprint density at radius 3 is 2.84 bits per heavy atom. The van der Waals surface area contributed by atoms with Gasteiger partial charge in [0.1, 0.15) is 5.82 Å². The van der Waals surface area contributed by atoms with Gasteiger partial charge in [0.15, 0.2) is 5.12 Å². The molecular formula is C13H13FN2O2S. The lowest BCUT2D eigenvalue weighted by molar-refractivity contribution is -0.109. The topological polar surface area (TPSA) is 54.9 Å². The summed E-state index contributed by atoms with van der Waals surface area (Å²) in [6.07, 6.45) is 0. The molecule has 0 fully saturated rings. The summed E-state index contributed by atoms with van der Waals surface area (Å²) in [7, 11) is 0. The second kappa shape index (κ2) is 5.88. The fraction of sp³-hybridized carbons (Fsp3) is 0.231.